The van der Waals surface area contributed by atoms with Gasteiger partial charge in [-0.3, -0.25) is 4.79 Å². The van der Waals surface area contributed by atoms with Crippen molar-refractivity contribution in [2.75, 3.05) is 25.1 Å². The summed E-state index contributed by atoms with van der Waals surface area (Å²) in [6.45, 7) is 1.40. The first kappa shape index (κ1) is 8.87. The standard InChI is InChI=1S/C7H14N2OS/c1-11-3-2-6-4-8-5-7(10)9-6/h6,8H,2-5H2,1H3,(H,9,10). The Labute approximate surface area is 71.3 Å². The van der Waals surface area contributed by atoms with Crippen LogP contribution < -0.4 is 10.6 Å². The lowest BCUT2D eigenvalue weighted by Crippen LogP contribution is -2.52. The van der Waals surface area contributed by atoms with Gasteiger partial charge in [-0.05, 0) is 18.4 Å². The minimum Gasteiger partial charge on any atom is -0.351 e. The Bertz CT molecular complexity index is 140. The molecule has 1 unspecified atom stereocenters. The summed E-state index contributed by atoms with van der Waals surface area (Å²) in [5, 5.41) is 6.01. The summed E-state index contributed by atoms with van der Waals surface area (Å²) in [7, 11) is 0. The number of nitrogens with one attached hydrogen (secondary N) is 2. The summed E-state index contributed by atoms with van der Waals surface area (Å²) in [6, 6.07) is 0.351. The van der Waals surface area contributed by atoms with Gasteiger partial charge in [0.05, 0.1) is 6.54 Å². The van der Waals surface area contributed by atoms with Crippen LogP contribution in [0.4, 0.5) is 0 Å². The number of piperazine rings is 1. The van der Waals surface area contributed by atoms with E-state index < -0.39 is 0 Å². The van der Waals surface area contributed by atoms with Crippen molar-refractivity contribution in [3.63, 3.8) is 0 Å². The summed E-state index contributed by atoms with van der Waals surface area (Å²) in [4.78, 5) is 10.9. The number of carbonyl (C=O) groups excluding carboxylic acids is 1. The van der Waals surface area contributed by atoms with E-state index in [2.05, 4.69) is 16.9 Å². The first-order valence-electron chi connectivity index (χ1n) is 3.82. The molecule has 11 heavy (non-hydrogen) atoms. The lowest BCUT2D eigenvalue weighted by molar-refractivity contribution is -0.122. The van der Waals surface area contributed by atoms with Gasteiger partial charge >= 0.3 is 0 Å². The third-order valence-electron chi connectivity index (χ3n) is 1.71. The molecule has 0 aromatic heterocycles. The molecule has 4 heteroatoms. The Morgan fingerprint density at radius 3 is 3.18 bits per heavy atom. The topological polar surface area (TPSA) is 41.1 Å². The van der Waals surface area contributed by atoms with Crippen molar-refractivity contribution in [3.05, 3.63) is 0 Å². The Hall–Kier alpha value is -0.220. The predicted molar refractivity (Wildman–Crippen MR) is 47.8 cm³/mol. The average molecular weight is 174 g/mol. The van der Waals surface area contributed by atoms with Crippen LogP contribution in [0.3, 0.4) is 0 Å². The molecule has 1 amide bonds. The van der Waals surface area contributed by atoms with E-state index in [0.717, 1.165) is 18.7 Å². The van der Waals surface area contributed by atoms with E-state index >= 15 is 0 Å². The highest BCUT2D eigenvalue weighted by Crippen LogP contribution is 2.01. The molecule has 1 aliphatic heterocycles. The third kappa shape index (κ3) is 3.12. The third-order valence-corrected chi connectivity index (χ3v) is 2.36. The van der Waals surface area contributed by atoms with E-state index in [1.165, 1.54) is 0 Å². The predicted octanol–water partition coefficient (Wildman–Crippen LogP) is -0.173. The highest BCUT2D eigenvalue weighted by molar-refractivity contribution is 7.98. The molecule has 1 atom stereocenters. The van der Waals surface area contributed by atoms with Crippen molar-refractivity contribution in [2.24, 2.45) is 0 Å². The monoisotopic (exact) mass is 174 g/mol. The van der Waals surface area contributed by atoms with Gasteiger partial charge in [-0.25, -0.2) is 0 Å². The van der Waals surface area contributed by atoms with Crippen LogP contribution in [-0.2, 0) is 4.79 Å². The molecule has 0 aliphatic carbocycles. The molecule has 0 aromatic carbocycles. The molecule has 0 radical (unpaired) electrons. The second kappa shape index (κ2) is 4.62. The highest BCUT2D eigenvalue weighted by Gasteiger charge is 2.16. The van der Waals surface area contributed by atoms with Gasteiger partial charge in [0.1, 0.15) is 0 Å². The molecule has 0 bridgehead atoms. The summed E-state index contributed by atoms with van der Waals surface area (Å²) >= 11 is 1.82. The summed E-state index contributed by atoms with van der Waals surface area (Å²) < 4.78 is 0. The van der Waals surface area contributed by atoms with Crippen molar-refractivity contribution in [1.29, 1.82) is 0 Å². The van der Waals surface area contributed by atoms with Gasteiger partial charge in [0, 0.05) is 12.6 Å². The van der Waals surface area contributed by atoms with E-state index in [9.17, 15) is 4.79 Å². The molecule has 1 aliphatic rings. The van der Waals surface area contributed by atoms with Crippen LogP contribution in [0.2, 0.25) is 0 Å². The molecule has 1 fully saturated rings. The summed E-state index contributed by atoms with van der Waals surface area (Å²) in [5.74, 6) is 1.24. The van der Waals surface area contributed by atoms with Gasteiger partial charge in [-0.15, -0.1) is 0 Å². The number of rotatable bonds is 3. The van der Waals surface area contributed by atoms with Crippen molar-refractivity contribution < 1.29 is 4.79 Å². The van der Waals surface area contributed by atoms with Crippen LogP contribution in [0.1, 0.15) is 6.42 Å². The van der Waals surface area contributed by atoms with Crippen molar-refractivity contribution >= 4 is 17.7 Å². The minimum absolute atomic E-state index is 0.127. The van der Waals surface area contributed by atoms with E-state index in [1.807, 2.05) is 11.8 Å². The molecular weight excluding hydrogens is 160 g/mol. The fourth-order valence-electron chi connectivity index (χ4n) is 1.12. The zero-order chi connectivity index (χ0) is 8.10. The number of thioether (sulfide) groups is 1. The maximum atomic E-state index is 10.9. The normalized spacial score (nSPS) is 24.8. The van der Waals surface area contributed by atoms with Crippen LogP contribution in [-0.4, -0.2) is 37.0 Å². The Balaban J connectivity index is 2.17. The molecular formula is C7H14N2OS. The van der Waals surface area contributed by atoms with Gasteiger partial charge in [0.25, 0.3) is 0 Å². The van der Waals surface area contributed by atoms with Crippen LogP contribution in [0, 0.1) is 0 Å². The quantitative estimate of drug-likeness (QED) is 0.624. The van der Waals surface area contributed by atoms with Gasteiger partial charge in [-0.1, -0.05) is 0 Å². The van der Waals surface area contributed by atoms with Crippen LogP contribution in [0.15, 0.2) is 0 Å². The SMILES string of the molecule is CSCCC1CNCC(=O)N1. The Morgan fingerprint density at radius 2 is 2.55 bits per heavy atom. The van der Waals surface area contributed by atoms with Crippen LogP contribution >= 0.6 is 11.8 Å². The van der Waals surface area contributed by atoms with Gasteiger partial charge in [0.2, 0.25) is 5.91 Å². The maximum absolute atomic E-state index is 10.9. The smallest absolute Gasteiger partial charge is 0.234 e. The average Bonchev–Trinajstić information content (AvgIpc) is 2.01. The molecule has 0 saturated carbocycles. The molecule has 2 N–H and O–H groups in total. The van der Waals surface area contributed by atoms with E-state index in [0.29, 0.717) is 12.6 Å². The van der Waals surface area contributed by atoms with Gasteiger partial charge in [0.15, 0.2) is 0 Å². The van der Waals surface area contributed by atoms with E-state index in [1.54, 1.807) is 0 Å². The first-order valence-corrected chi connectivity index (χ1v) is 5.21. The second-order valence-electron chi connectivity index (χ2n) is 2.68. The lowest BCUT2D eigenvalue weighted by Gasteiger charge is -2.23. The maximum Gasteiger partial charge on any atom is 0.234 e. The van der Waals surface area contributed by atoms with Crippen molar-refractivity contribution in [2.45, 2.75) is 12.5 Å². The minimum atomic E-state index is 0.127. The van der Waals surface area contributed by atoms with E-state index in [-0.39, 0.29) is 5.91 Å². The largest absolute Gasteiger partial charge is 0.351 e. The fourth-order valence-corrected chi connectivity index (χ4v) is 1.64. The second-order valence-corrected chi connectivity index (χ2v) is 3.66. The summed E-state index contributed by atoms with van der Waals surface area (Å²) in [6.07, 6.45) is 3.15. The molecule has 0 aromatic rings. The van der Waals surface area contributed by atoms with Crippen LogP contribution in [0.25, 0.3) is 0 Å². The lowest BCUT2D eigenvalue weighted by atomic mass is 10.2. The van der Waals surface area contributed by atoms with Crippen LogP contribution in [0.5, 0.6) is 0 Å². The highest BCUT2D eigenvalue weighted by atomic mass is 32.2. The molecule has 0 spiro atoms. The molecule has 3 nitrogen and oxygen atoms in total. The Morgan fingerprint density at radius 1 is 1.73 bits per heavy atom. The molecule has 1 rings (SSSR count). The molecule has 1 saturated heterocycles. The van der Waals surface area contributed by atoms with Gasteiger partial charge < -0.3 is 10.6 Å². The summed E-state index contributed by atoms with van der Waals surface area (Å²) in [5.41, 5.74) is 0. The zero-order valence-corrected chi connectivity index (χ0v) is 7.54. The van der Waals surface area contributed by atoms with Gasteiger partial charge in [-0.2, -0.15) is 11.8 Å². The fraction of sp³-hybridized carbons (Fsp3) is 0.857. The van der Waals surface area contributed by atoms with Crippen molar-refractivity contribution in [3.8, 4) is 0 Å². The number of amides is 1. The molecule has 64 valence electrons. The van der Waals surface area contributed by atoms with E-state index in [4.69, 9.17) is 0 Å². The number of carbonyl (C=O) groups is 1. The Kier molecular flexibility index (Phi) is 3.72. The first-order chi connectivity index (χ1) is 5.33. The number of hydrogen-bond acceptors (Lipinski definition) is 3. The number of hydrogen-bond donors (Lipinski definition) is 2. The van der Waals surface area contributed by atoms with Crippen molar-refractivity contribution in [1.82, 2.24) is 10.6 Å². The molecule has 1 heterocycles. The zero-order valence-electron chi connectivity index (χ0n) is 6.72.